The third-order valence-corrected chi connectivity index (χ3v) is 5.59. The van der Waals surface area contributed by atoms with Crippen LogP contribution in [0.5, 0.6) is 5.75 Å². The Balaban J connectivity index is 0.00000243. The number of halogens is 1. The first-order valence-corrected chi connectivity index (χ1v) is 9.04. The molecule has 0 radical (unpaired) electrons. The summed E-state index contributed by atoms with van der Waals surface area (Å²) in [5.74, 6) is -0.131. The predicted octanol–water partition coefficient (Wildman–Crippen LogP) is 2.92. The molecule has 140 valence electrons. The predicted molar refractivity (Wildman–Crippen MR) is 107 cm³/mol. The summed E-state index contributed by atoms with van der Waals surface area (Å²) >= 11 is 1.48. The Kier molecular flexibility index (Phi) is 6.94. The van der Waals surface area contributed by atoms with Crippen molar-refractivity contribution >= 4 is 35.8 Å². The Hall–Kier alpha value is -1.73. The number of carbonyl (C=O) groups is 1. The number of benzene rings is 2. The van der Waals surface area contributed by atoms with Crippen LogP contribution in [0, 0.1) is 0 Å². The zero-order chi connectivity index (χ0) is 18.0. The van der Waals surface area contributed by atoms with Crippen molar-refractivity contribution in [3.05, 3.63) is 54.1 Å². The maximum Gasteiger partial charge on any atom is 0.257 e. The molecular weight excluding hydrogens is 372 g/mol. The van der Waals surface area contributed by atoms with Crippen LogP contribution in [-0.2, 0) is 4.79 Å². The lowest BCUT2D eigenvalue weighted by Crippen LogP contribution is -2.43. The van der Waals surface area contributed by atoms with Gasteiger partial charge in [0.15, 0.2) is 0 Å². The summed E-state index contributed by atoms with van der Waals surface area (Å²) in [5, 5.41) is 19.8. The van der Waals surface area contributed by atoms with Gasteiger partial charge in [-0.1, -0.05) is 24.3 Å². The van der Waals surface area contributed by atoms with Crippen LogP contribution in [0.2, 0.25) is 0 Å². The highest BCUT2D eigenvalue weighted by molar-refractivity contribution is 7.99. The van der Waals surface area contributed by atoms with Crippen LogP contribution in [0.1, 0.15) is 10.8 Å². The van der Waals surface area contributed by atoms with E-state index >= 15 is 0 Å². The fourth-order valence-electron chi connectivity index (χ4n) is 2.83. The van der Waals surface area contributed by atoms with E-state index in [1.54, 1.807) is 29.2 Å². The average Bonchev–Trinajstić information content (AvgIpc) is 2.70. The first kappa shape index (κ1) is 20.6. The number of rotatable bonds is 4. The van der Waals surface area contributed by atoms with Crippen LogP contribution < -0.4 is 4.90 Å². The van der Waals surface area contributed by atoms with E-state index in [4.69, 9.17) is 0 Å². The van der Waals surface area contributed by atoms with Crippen molar-refractivity contribution in [3.63, 3.8) is 0 Å². The number of amides is 1. The number of fused-ring (bicyclic) bond motifs is 1. The summed E-state index contributed by atoms with van der Waals surface area (Å²) in [6.45, 7) is 1.23. The lowest BCUT2D eigenvalue weighted by Gasteiger charge is -2.26. The highest BCUT2D eigenvalue weighted by Crippen LogP contribution is 2.45. The molecular formula is C19H23ClN2O3S. The van der Waals surface area contributed by atoms with Gasteiger partial charge in [0.2, 0.25) is 0 Å². The number of aliphatic hydroxyl groups excluding tert-OH is 1. The SMILES string of the molecule is CN(C)CCN1C(=O)[C@H](O)[C@H](c2ccc(O)cc2)Sc2ccccc21.Cl. The van der Waals surface area contributed by atoms with E-state index in [1.165, 1.54) is 11.8 Å². The number of thioether (sulfide) groups is 1. The number of anilines is 1. The van der Waals surface area contributed by atoms with Crippen molar-refractivity contribution in [2.24, 2.45) is 0 Å². The summed E-state index contributed by atoms with van der Waals surface area (Å²) in [4.78, 5) is 17.6. The molecule has 0 spiro atoms. The summed E-state index contributed by atoms with van der Waals surface area (Å²) < 4.78 is 0. The van der Waals surface area contributed by atoms with Crippen LogP contribution in [0.4, 0.5) is 5.69 Å². The van der Waals surface area contributed by atoms with Gasteiger partial charge < -0.3 is 20.0 Å². The molecule has 1 aliphatic heterocycles. The van der Waals surface area contributed by atoms with Gasteiger partial charge in [0.25, 0.3) is 5.91 Å². The second kappa shape index (κ2) is 8.77. The first-order chi connectivity index (χ1) is 12.0. The number of aromatic hydroxyl groups is 1. The number of likely N-dealkylation sites (N-methyl/N-ethyl adjacent to an activating group) is 1. The number of carbonyl (C=O) groups excluding carboxylic acids is 1. The molecule has 2 aromatic carbocycles. The van der Waals surface area contributed by atoms with E-state index < -0.39 is 11.4 Å². The van der Waals surface area contributed by atoms with Gasteiger partial charge in [-0.3, -0.25) is 4.79 Å². The maximum atomic E-state index is 13.0. The quantitative estimate of drug-likeness (QED) is 0.834. The molecule has 2 atom stereocenters. The molecule has 0 aliphatic carbocycles. The zero-order valence-corrected chi connectivity index (χ0v) is 16.3. The van der Waals surface area contributed by atoms with Crippen molar-refractivity contribution in [1.82, 2.24) is 4.90 Å². The Morgan fingerprint density at radius 2 is 1.77 bits per heavy atom. The highest BCUT2D eigenvalue weighted by atomic mass is 35.5. The molecule has 5 nitrogen and oxygen atoms in total. The molecule has 1 heterocycles. The molecule has 0 aromatic heterocycles. The largest absolute Gasteiger partial charge is 0.508 e. The minimum Gasteiger partial charge on any atom is -0.508 e. The Morgan fingerprint density at radius 1 is 1.12 bits per heavy atom. The van der Waals surface area contributed by atoms with Crippen LogP contribution in [0.25, 0.3) is 0 Å². The molecule has 0 bridgehead atoms. The van der Waals surface area contributed by atoms with Gasteiger partial charge in [0.1, 0.15) is 11.9 Å². The minimum atomic E-state index is -1.15. The van der Waals surface area contributed by atoms with E-state index in [0.717, 1.165) is 16.1 Å². The van der Waals surface area contributed by atoms with E-state index in [1.807, 2.05) is 43.3 Å². The van der Waals surface area contributed by atoms with Crippen molar-refractivity contribution in [2.75, 3.05) is 32.1 Å². The molecule has 0 fully saturated rings. The molecule has 0 saturated carbocycles. The third-order valence-electron chi connectivity index (χ3n) is 4.21. The molecule has 1 amide bonds. The molecule has 0 unspecified atom stereocenters. The van der Waals surface area contributed by atoms with Gasteiger partial charge in [0, 0.05) is 18.0 Å². The lowest BCUT2D eigenvalue weighted by molar-refractivity contribution is -0.126. The Bertz CT molecular complexity index is 755. The molecule has 0 saturated heterocycles. The molecule has 26 heavy (non-hydrogen) atoms. The first-order valence-electron chi connectivity index (χ1n) is 8.16. The van der Waals surface area contributed by atoms with Crippen molar-refractivity contribution < 1.29 is 15.0 Å². The fraction of sp³-hybridized carbons (Fsp3) is 0.316. The van der Waals surface area contributed by atoms with Gasteiger partial charge in [-0.25, -0.2) is 0 Å². The molecule has 2 aromatic rings. The smallest absolute Gasteiger partial charge is 0.257 e. The topological polar surface area (TPSA) is 64.0 Å². The van der Waals surface area contributed by atoms with Crippen LogP contribution in [0.3, 0.4) is 0 Å². The lowest BCUT2D eigenvalue weighted by atomic mass is 10.1. The second-order valence-electron chi connectivity index (χ2n) is 6.34. The van der Waals surface area contributed by atoms with Crippen molar-refractivity contribution in [3.8, 4) is 5.75 Å². The number of phenolic OH excluding ortho intramolecular Hbond substituents is 1. The van der Waals surface area contributed by atoms with Gasteiger partial charge >= 0.3 is 0 Å². The number of hydrogen-bond donors (Lipinski definition) is 2. The van der Waals surface area contributed by atoms with E-state index in [2.05, 4.69) is 0 Å². The number of para-hydroxylation sites is 1. The monoisotopic (exact) mass is 394 g/mol. The minimum absolute atomic E-state index is 0. The zero-order valence-electron chi connectivity index (χ0n) is 14.7. The van der Waals surface area contributed by atoms with Crippen molar-refractivity contribution in [2.45, 2.75) is 16.2 Å². The third kappa shape index (κ3) is 4.32. The maximum absolute atomic E-state index is 13.0. The average molecular weight is 395 g/mol. The molecule has 7 heteroatoms. The number of hydrogen-bond acceptors (Lipinski definition) is 5. The van der Waals surface area contributed by atoms with E-state index in [-0.39, 0.29) is 24.1 Å². The number of phenols is 1. The highest BCUT2D eigenvalue weighted by Gasteiger charge is 2.37. The molecule has 2 N–H and O–H groups in total. The second-order valence-corrected chi connectivity index (χ2v) is 7.52. The van der Waals surface area contributed by atoms with Gasteiger partial charge in [-0.2, -0.15) is 0 Å². The summed E-state index contributed by atoms with van der Waals surface area (Å²) in [6.07, 6.45) is -1.15. The normalized spacial score (nSPS) is 19.7. The fourth-order valence-corrected chi connectivity index (χ4v) is 4.10. The van der Waals surface area contributed by atoms with Crippen LogP contribution in [0.15, 0.2) is 53.4 Å². The summed E-state index contributed by atoms with van der Waals surface area (Å²) in [7, 11) is 3.91. The van der Waals surface area contributed by atoms with Gasteiger partial charge in [-0.15, -0.1) is 24.2 Å². The number of aliphatic hydroxyl groups is 1. The van der Waals surface area contributed by atoms with E-state index in [9.17, 15) is 15.0 Å². The van der Waals surface area contributed by atoms with Gasteiger partial charge in [-0.05, 0) is 43.9 Å². The van der Waals surface area contributed by atoms with Gasteiger partial charge in [0.05, 0.1) is 10.9 Å². The molecule has 1 aliphatic rings. The summed E-state index contributed by atoms with van der Waals surface area (Å²) in [5.41, 5.74) is 1.65. The standard InChI is InChI=1S/C19H22N2O3S.ClH/c1-20(2)11-12-21-15-5-3-4-6-16(15)25-18(17(23)19(21)24)13-7-9-14(22)10-8-13;/h3-10,17-18,22-23H,11-12H2,1-2H3;1H/t17-,18+;/m1./s1. The molecule has 3 rings (SSSR count). The van der Waals surface area contributed by atoms with Crippen LogP contribution in [-0.4, -0.2) is 54.3 Å². The Labute approximate surface area is 164 Å². The summed E-state index contributed by atoms with van der Waals surface area (Å²) in [6, 6.07) is 14.4. The number of nitrogens with zero attached hydrogens (tertiary/aromatic N) is 2. The van der Waals surface area contributed by atoms with Crippen molar-refractivity contribution in [1.29, 1.82) is 0 Å². The Morgan fingerprint density at radius 3 is 2.42 bits per heavy atom. The van der Waals surface area contributed by atoms with E-state index in [0.29, 0.717) is 13.1 Å². The van der Waals surface area contributed by atoms with Crippen LogP contribution >= 0.6 is 24.2 Å².